The van der Waals surface area contributed by atoms with Crippen molar-refractivity contribution in [3.8, 4) is 0 Å². The lowest BCUT2D eigenvalue weighted by Gasteiger charge is -2.19. The Morgan fingerprint density at radius 3 is 2.31 bits per heavy atom. The van der Waals surface area contributed by atoms with Crippen LogP contribution >= 0.6 is 0 Å². The second-order valence-corrected chi connectivity index (χ2v) is 4.60. The molecule has 0 spiro atoms. The van der Waals surface area contributed by atoms with E-state index in [1.807, 2.05) is 45.0 Å². The molecule has 1 rings (SSSR count). The van der Waals surface area contributed by atoms with Gasteiger partial charge >= 0.3 is 0 Å². The molecule has 0 aromatic heterocycles. The first-order valence-corrected chi connectivity index (χ1v) is 5.62. The first-order valence-electron chi connectivity index (χ1n) is 5.62. The molecular weight excluding hydrogens is 200 g/mol. The van der Waals surface area contributed by atoms with Crippen molar-refractivity contribution in [2.24, 2.45) is 5.73 Å². The molecule has 3 N–H and O–H groups in total. The predicted octanol–water partition coefficient (Wildman–Crippen LogP) is 2.62. The van der Waals surface area contributed by atoms with Crippen molar-refractivity contribution in [3.63, 3.8) is 0 Å². The average molecular weight is 220 g/mol. The smallest absolute Gasteiger partial charge is 0.224 e. The van der Waals surface area contributed by atoms with E-state index in [0.717, 1.165) is 17.7 Å². The van der Waals surface area contributed by atoms with Gasteiger partial charge in [-0.25, -0.2) is 0 Å². The largest absolute Gasteiger partial charge is 0.326 e. The van der Waals surface area contributed by atoms with Gasteiger partial charge in [-0.3, -0.25) is 4.79 Å². The lowest BCUT2D eigenvalue weighted by atomic mass is 9.96. The van der Waals surface area contributed by atoms with Crippen molar-refractivity contribution < 1.29 is 4.79 Å². The van der Waals surface area contributed by atoms with Gasteiger partial charge in [0.15, 0.2) is 0 Å². The second kappa shape index (κ2) is 5.12. The molecule has 88 valence electrons. The summed E-state index contributed by atoms with van der Waals surface area (Å²) in [5.41, 5.74) is 7.51. The number of nitrogens with two attached hydrogens (primary N) is 1. The van der Waals surface area contributed by atoms with Gasteiger partial charge in [-0.15, -0.1) is 0 Å². The van der Waals surface area contributed by atoms with Gasteiger partial charge in [0.2, 0.25) is 5.91 Å². The number of amides is 1. The Morgan fingerprint density at radius 1 is 1.31 bits per heavy atom. The van der Waals surface area contributed by atoms with E-state index < -0.39 is 0 Å². The third-order valence-electron chi connectivity index (χ3n) is 2.39. The van der Waals surface area contributed by atoms with Crippen LogP contribution < -0.4 is 11.1 Å². The molecule has 0 atom stereocenters. The summed E-state index contributed by atoms with van der Waals surface area (Å²) in [4.78, 5) is 11.4. The van der Waals surface area contributed by atoms with Gasteiger partial charge in [0.05, 0.1) is 0 Å². The number of hydrogen-bond acceptors (Lipinski definition) is 2. The molecule has 0 aliphatic heterocycles. The third kappa shape index (κ3) is 3.66. The maximum absolute atomic E-state index is 11.4. The van der Waals surface area contributed by atoms with Crippen LogP contribution in [0, 0.1) is 0 Å². The third-order valence-corrected chi connectivity index (χ3v) is 2.39. The van der Waals surface area contributed by atoms with E-state index in [0.29, 0.717) is 6.42 Å². The quantitative estimate of drug-likeness (QED) is 0.819. The highest BCUT2D eigenvalue weighted by Gasteiger charge is 2.13. The van der Waals surface area contributed by atoms with Crippen molar-refractivity contribution in [1.82, 2.24) is 0 Å². The van der Waals surface area contributed by atoms with Gasteiger partial charge in [-0.2, -0.15) is 0 Å². The monoisotopic (exact) mass is 220 g/mol. The predicted molar refractivity (Wildman–Crippen MR) is 67.2 cm³/mol. The van der Waals surface area contributed by atoms with Crippen LogP contribution in [-0.4, -0.2) is 5.91 Å². The summed E-state index contributed by atoms with van der Waals surface area (Å²) in [5, 5.41) is 2.84. The highest BCUT2D eigenvalue weighted by atomic mass is 16.1. The van der Waals surface area contributed by atoms with Crippen LogP contribution in [0.3, 0.4) is 0 Å². The number of nitrogens with one attached hydrogen (secondary N) is 1. The Hall–Kier alpha value is -1.35. The molecule has 16 heavy (non-hydrogen) atoms. The van der Waals surface area contributed by atoms with Crippen LogP contribution in [0.5, 0.6) is 0 Å². The first kappa shape index (κ1) is 12.7. The molecule has 0 unspecified atom stereocenters. The van der Waals surface area contributed by atoms with Gasteiger partial charge in [-0.05, 0) is 38.0 Å². The molecule has 0 fully saturated rings. The molecule has 1 aromatic rings. The van der Waals surface area contributed by atoms with Gasteiger partial charge < -0.3 is 11.1 Å². The van der Waals surface area contributed by atoms with Crippen molar-refractivity contribution in [2.75, 3.05) is 5.32 Å². The van der Waals surface area contributed by atoms with E-state index in [2.05, 4.69) is 5.32 Å². The summed E-state index contributed by atoms with van der Waals surface area (Å²) in [6.45, 7) is 5.90. The summed E-state index contributed by atoms with van der Waals surface area (Å²) in [6.07, 6.45) is 1.42. The maximum atomic E-state index is 11.4. The minimum atomic E-state index is -0.341. The summed E-state index contributed by atoms with van der Waals surface area (Å²) < 4.78 is 0. The fourth-order valence-electron chi connectivity index (χ4n) is 1.43. The Labute approximate surface area is 97.0 Å². The van der Waals surface area contributed by atoms with Crippen molar-refractivity contribution in [1.29, 1.82) is 0 Å². The molecule has 0 radical (unpaired) electrons. The molecule has 1 amide bonds. The molecular formula is C13H20N2O. The number of anilines is 1. The molecule has 0 aliphatic carbocycles. The fourth-order valence-corrected chi connectivity index (χ4v) is 1.43. The molecule has 1 aromatic carbocycles. The molecule has 0 saturated heterocycles. The number of hydrogen-bond donors (Lipinski definition) is 2. The zero-order valence-corrected chi connectivity index (χ0v) is 10.2. The van der Waals surface area contributed by atoms with Crippen LogP contribution in [0.2, 0.25) is 0 Å². The van der Waals surface area contributed by atoms with Gasteiger partial charge in [0.1, 0.15) is 0 Å². The lowest BCUT2D eigenvalue weighted by molar-refractivity contribution is -0.116. The van der Waals surface area contributed by atoms with E-state index in [1.165, 1.54) is 0 Å². The summed E-state index contributed by atoms with van der Waals surface area (Å²) in [7, 11) is 0. The number of rotatable bonds is 4. The minimum Gasteiger partial charge on any atom is -0.326 e. The van der Waals surface area contributed by atoms with E-state index in [-0.39, 0.29) is 11.4 Å². The topological polar surface area (TPSA) is 55.1 Å². The van der Waals surface area contributed by atoms with Gasteiger partial charge in [0, 0.05) is 17.6 Å². The van der Waals surface area contributed by atoms with Crippen LogP contribution in [0.4, 0.5) is 5.69 Å². The highest BCUT2D eigenvalue weighted by molar-refractivity contribution is 5.90. The molecule has 3 heteroatoms. The summed E-state index contributed by atoms with van der Waals surface area (Å²) in [5.74, 6) is 0.0576. The number of carbonyl (C=O) groups is 1. The number of carbonyl (C=O) groups excluding carboxylic acids is 1. The molecule has 3 nitrogen and oxygen atoms in total. The van der Waals surface area contributed by atoms with Crippen LogP contribution in [0.1, 0.15) is 39.2 Å². The Kier molecular flexibility index (Phi) is 4.07. The Bertz CT molecular complexity index is 349. The highest BCUT2D eigenvalue weighted by Crippen LogP contribution is 2.19. The van der Waals surface area contributed by atoms with Crippen LogP contribution in [0.15, 0.2) is 24.3 Å². The van der Waals surface area contributed by atoms with E-state index in [9.17, 15) is 4.79 Å². The van der Waals surface area contributed by atoms with E-state index in [1.54, 1.807) is 0 Å². The molecule has 0 aliphatic rings. The Morgan fingerprint density at radius 2 is 1.88 bits per heavy atom. The van der Waals surface area contributed by atoms with Crippen LogP contribution in [-0.2, 0) is 10.3 Å². The fraction of sp³-hybridized carbons (Fsp3) is 0.462. The number of benzene rings is 1. The van der Waals surface area contributed by atoms with E-state index >= 15 is 0 Å². The van der Waals surface area contributed by atoms with Crippen molar-refractivity contribution in [2.45, 2.75) is 39.2 Å². The standard InChI is InChI=1S/C13H20N2O/c1-4-5-12(16)15-11-8-6-10(7-9-11)13(2,3)14/h6-9H,4-5,14H2,1-3H3,(H,15,16). The summed E-state index contributed by atoms with van der Waals surface area (Å²) in [6, 6.07) is 7.66. The second-order valence-electron chi connectivity index (χ2n) is 4.60. The minimum absolute atomic E-state index is 0.0576. The lowest BCUT2D eigenvalue weighted by Crippen LogP contribution is -2.28. The normalized spacial score (nSPS) is 11.2. The van der Waals surface area contributed by atoms with E-state index in [4.69, 9.17) is 5.73 Å². The van der Waals surface area contributed by atoms with Crippen molar-refractivity contribution >= 4 is 11.6 Å². The molecule has 0 bridgehead atoms. The zero-order valence-electron chi connectivity index (χ0n) is 10.2. The van der Waals surface area contributed by atoms with Gasteiger partial charge in [0.25, 0.3) is 0 Å². The first-order chi connectivity index (χ1) is 7.43. The van der Waals surface area contributed by atoms with Gasteiger partial charge in [-0.1, -0.05) is 19.1 Å². The molecule has 0 heterocycles. The van der Waals surface area contributed by atoms with Crippen LogP contribution in [0.25, 0.3) is 0 Å². The maximum Gasteiger partial charge on any atom is 0.224 e. The summed E-state index contributed by atoms with van der Waals surface area (Å²) >= 11 is 0. The average Bonchev–Trinajstić information content (AvgIpc) is 2.17. The van der Waals surface area contributed by atoms with Crippen molar-refractivity contribution in [3.05, 3.63) is 29.8 Å². The Balaban J connectivity index is 2.69. The SMILES string of the molecule is CCCC(=O)Nc1ccc(C(C)(C)N)cc1. The molecule has 0 saturated carbocycles. The zero-order chi connectivity index (χ0) is 12.2.